The van der Waals surface area contributed by atoms with Crippen LogP contribution in [0.5, 0.6) is 0 Å². The van der Waals surface area contributed by atoms with Gasteiger partial charge in [-0.1, -0.05) is 31.9 Å². The maximum atomic E-state index is 11.1. The van der Waals surface area contributed by atoms with Crippen LogP contribution in [0, 0.1) is 0 Å². The number of amides is 1. The maximum absolute atomic E-state index is 11.1. The number of guanidine groups is 1. The standard InChI is InChI=1S/C11H11Br2N3O2/c1-18-11(17)16-10-14-5-9(15-10)7-4-6(12)2-3-8(7)13/h2-4,9H,5H2,1H3,(H2,14,15,16,17). The van der Waals surface area contributed by atoms with Crippen molar-refractivity contribution in [1.82, 2.24) is 10.6 Å². The van der Waals surface area contributed by atoms with Gasteiger partial charge >= 0.3 is 6.09 Å². The molecule has 1 amide bonds. The molecule has 0 bridgehead atoms. The minimum atomic E-state index is -0.532. The third-order valence-corrected chi connectivity index (χ3v) is 3.69. The summed E-state index contributed by atoms with van der Waals surface area (Å²) in [5.74, 6) is 0.429. The molecule has 0 saturated carbocycles. The summed E-state index contributed by atoms with van der Waals surface area (Å²) in [6, 6.07) is 5.87. The number of benzene rings is 1. The van der Waals surface area contributed by atoms with Gasteiger partial charge in [0.25, 0.3) is 0 Å². The number of nitrogens with zero attached hydrogens (tertiary/aromatic N) is 1. The second kappa shape index (κ2) is 5.71. The number of rotatable bonds is 1. The number of nitrogens with one attached hydrogen (secondary N) is 2. The molecule has 0 aliphatic carbocycles. The number of aliphatic imine (C=N–C) groups is 1. The van der Waals surface area contributed by atoms with Gasteiger partial charge in [0, 0.05) is 15.5 Å². The lowest BCUT2D eigenvalue weighted by Gasteiger charge is -2.09. The van der Waals surface area contributed by atoms with E-state index in [1.54, 1.807) is 0 Å². The molecule has 1 aromatic rings. The summed E-state index contributed by atoms with van der Waals surface area (Å²) in [4.78, 5) is 15.5. The van der Waals surface area contributed by atoms with Crippen LogP contribution >= 0.6 is 31.9 Å². The smallest absolute Gasteiger partial charge is 0.413 e. The Labute approximate surface area is 121 Å². The van der Waals surface area contributed by atoms with Crippen molar-refractivity contribution in [3.8, 4) is 0 Å². The highest BCUT2D eigenvalue weighted by atomic mass is 79.9. The number of hydrogen-bond acceptors (Lipinski definition) is 4. The molecule has 5 nitrogen and oxygen atoms in total. The van der Waals surface area contributed by atoms with Crippen molar-refractivity contribution >= 4 is 43.9 Å². The minimum Gasteiger partial charge on any atom is -0.453 e. The second-order valence-corrected chi connectivity index (χ2v) is 5.43. The average Bonchev–Trinajstić information content (AvgIpc) is 2.80. The first-order chi connectivity index (χ1) is 8.60. The Morgan fingerprint density at radius 1 is 1.56 bits per heavy atom. The zero-order chi connectivity index (χ0) is 13.1. The number of carbonyl (C=O) groups excluding carboxylic acids is 1. The number of methoxy groups -OCH3 is 1. The van der Waals surface area contributed by atoms with E-state index in [2.05, 4.69) is 52.2 Å². The summed E-state index contributed by atoms with van der Waals surface area (Å²) in [5.41, 5.74) is 1.05. The fraction of sp³-hybridized carbons (Fsp3) is 0.273. The molecule has 1 unspecified atom stereocenters. The van der Waals surface area contributed by atoms with E-state index >= 15 is 0 Å². The monoisotopic (exact) mass is 375 g/mol. The summed E-state index contributed by atoms with van der Waals surface area (Å²) < 4.78 is 6.49. The van der Waals surface area contributed by atoms with Gasteiger partial charge < -0.3 is 10.1 Å². The van der Waals surface area contributed by atoms with Crippen LogP contribution < -0.4 is 10.6 Å². The van der Waals surface area contributed by atoms with E-state index in [4.69, 9.17) is 0 Å². The van der Waals surface area contributed by atoms with Crippen LogP contribution in [0.2, 0.25) is 0 Å². The summed E-state index contributed by atoms with van der Waals surface area (Å²) >= 11 is 6.93. The molecule has 1 atom stereocenters. The molecule has 0 fully saturated rings. The normalized spacial score (nSPS) is 17.9. The van der Waals surface area contributed by atoms with Crippen LogP contribution in [0.25, 0.3) is 0 Å². The van der Waals surface area contributed by atoms with Crippen molar-refractivity contribution in [1.29, 1.82) is 0 Å². The molecule has 96 valence electrons. The number of carbonyl (C=O) groups is 1. The van der Waals surface area contributed by atoms with E-state index < -0.39 is 6.09 Å². The van der Waals surface area contributed by atoms with E-state index in [1.165, 1.54) is 7.11 Å². The Hall–Kier alpha value is -1.08. The molecule has 7 heteroatoms. The van der Waals surface area contributed by atoms with Crippen LogP contribution in [-0.2, 0) is 4.74 Å². The summed E-state index contributed by atoms with van der Waals surface area (Å²) in [6.45, 7) is 0.633. The van der Waals surface area contributed by atoms with Crippen molar-refractivity contribution in [2.75, 3.05) is 13.7 Å². The fourth-order valence-electron chi connectivity index (χ4n) is 1.61. The first kappa shape index (κ1) is 13.4. The first-order valence-electron chi connectivity index (χ1n) is 5.21. The molecule has 1 aromatic carbocycles. The van der Waals surface area contributed by atoms with Gasteiger partial charge in [0.2, 0.25) is 5.96 Å². The molecule has 0 radical (unpaired) electrons. The van der Waals surface area contributed by atoms with E-state index in [0.29, 0.717) is 12.5 Å². The van der Waals surface area contributed by atoms with Crippen molar-refractivity contribution in [3.63, 3.8) is 0 Å². The van der Waals surface area contributed by atoms with E-state index in [1.807, 2.05) is 18.2 Å². The molecule has 1 aliphatic rings. The second-order valence-electron chi connectivity index (χ2n) is 3.66. The first-order valence-corrected chi connectivity index (χ1v) is 6.80. The highest BCUT2D eigenvalue weighted by molar-refractivity contribution is 9.11. The largest absolute Gasteiger partial charge is 0.453 e. The molecule has 0 aromatic heterocycles. The zero-order valence-corrected chi connectivity index (χ0v) is 12.7. The third kappa shape index (κ3) is 3.02. The van der Waals surface area contributed by atoms with Gasteiger partial charge in [-0.25, -0.2) is 9.79 Å². The van der Waals surface area contributed by atoms with E-state index in [-0.39, 0.29) is 6.04 Å². The van der Waals surface area contributed by atoms with Gasteiger partial charge in [-0.2, -0.15) is 0 Å². The molecule has 0 spiro atoms. The fourth-order valence-corrected chi connectivity index (χ4v) is 2.50. The highest BCUT2D eigenvalue weighted by Gasteiger charge is 2.22. The SMILES string of the molecule is COC(=O)NC1=NC(c2cc(Br)ccc2Br)CN1. The molecule has 2 rings (SSSR count). The molecule has 2 N–H and O–H groups in total. The van der Waals surface area contributed by atoms with Crippen molar-refractivity contribution < 1.29 is 9.53 Å². The maximum Gasteiger partial charge on any atom is 0.413 e. The topological polar surface area (TPSA) is 62.7 Å². The van der Waals surface area contributed by atoms with E-state index in [9.17, 15) is 4.79 Å². The van der Waals surface area contributed by atoms with Crippen molar-refractivity contribution in [2.45, 2.75) is 6.04 Å². The van der Waals surface area contributed by atoms with Gasteiger partial charge in [-0.3, -0.25) is 5.32 Å². The highest BCUT2D eigenvalue weighted by Crippen LogP contribution is 2.30. The summed E-state index contributed by atoms with van der Waals surface area (Å²) in [5, 5.41) is 5.53. The molecule has 18 heavy (non-hydrogen) atoms. The average molecular weight is 377 g/mol. The lowest BCUT2D eigenvalue weighted by atomic mass is 10.1. The molecular weight excluding hydrogens is 366 g/mol. The van der Waals surface area contributed by atoms with E-state index in [0.717, 1.165) is 14.5 Å². The quantitative estimate of drug-likeness (QED) is 0.791. The lowest BCUT2D eigenvalue weighted by molar-refractivity contribution is 0.176. The van der Waals surface area contributed by atoms with Gasteiger partial charge in [0.15, 0.2) is 0 Å². The number of ether oxygens (including phenoxy) is 1. The Morgan fingerprint density at radius 3 is 3.06 bits per heavy atom. The van der Waals surface area contributed by atoms with Crippen LogP contribution in [0.1, 0.15) is 11.6 Å². The Balaban J connectivity index is 2.16. The Kier molecular flexibility index (Phi) is 4.23. The molecule has 1 aliphatic heterocycles. The van der Waals surface area contributed by atoms with Crippen LogP contribution in [0.4, 0.5) is 4.79 Å². The zero-order valence-electron chi connectivity index (χ0n) is 9.54. The van der Waals surface area contributed by atoms with Crippen molar-refractivity contribution in [2.24, 2.45) is 4.99 Å². The van der Waals surface area contributed by atoms with Crippen LogP contribution in [0.3, 0.4) is 0 Å². The molecular formula is C11H11Br2N3O2. The van der Waals surface area contributed by atoms with Crippen LogP contribution in [-0.4, -0.2) is 25.7 Å². The molecule has 0 saturated heterocycles. The number of halogens is 2. The predicted octanol–water partition coefficient (Wildman–Crippen LogP) is 2.57. The third-order valence-electron chi connectivity index (χ3n) is 2.47. The Bertz CT molecular complexity index is 505. The predicted molar refractivity (Wildman–Crippen MR) is 75.6 cm³/mol. The molecule has 1 heterocycles. The van der Waals surface area contributed by atoms with Gasteiger partial charge in [0.05, 0.1) is 13.2 Å². The number of alkyl carbamates (subject to hydrolysis) is 1. The lowest BCUT2D eigenvalue weighted by Crippen LogP contribution is -2.37. The summed E-state index contributed by atoms with van der Waals surface area (Å²) in [6.07, 6.45) is -0.532. The van der Waals surface area contributed by atoms with Crippen LogP contribution in [0.15, 0.2) is 32.1 Å². The summed E-state index contributed by atoms with van der Waals surface area (Å²) in [7, 11) is 1.31. The van der Waals surface area contributed by atoms with Gasteiger partial charge in [-0.05, 0) is 23.8 Å². The number of hydrogen-bond donors (Lipinski definition) is 2. The van der Waals surface area contributed by atoms with Gasteiger partial charge in [-0.15, -0.1) is 0 Å². The minimum absolute atomic E-state index is 0.0379. The Morgan fingerprint density at radius 2 is 2.33 bits per heavy atom. The van der Waals surface area contributed by atoms with Crippen molar-refractivity contribution in [3.05, 3.63) is 32.7 Å². The van der Waals surface area contributed by atoms with Gasteiger partial charge in [0.1, 0.15) is 0 Å².